The van der Waals surface area contributed by atoms with Gasteiger partial charge in [0.15, 0.2) is 5.96 Å². The lowest BCUT2D eigenvalue weighted by molar-refractivity contribution is 0.371. The molecule has 0 radical (unpaired) electrons. The predicted octanol–water partition coefficient (Wildman–Crippen LogP) is 2.74. The Balaban J connectivity index is 1.53. The molecule has 2 aromatic rings. The number of anilines is 1. The van der Waals surface area contributed by atoms with Crippen LogP contribution in [0.5, 0.6) is 0 Å². The summed E-state index contributed by atoms with van der Waals surface area (Å²) in [7, 11) is 1.84. The van der Waals surface area contributed by atoms with E-state index in [2.05, 4.69) is 71.4 Å². The van der Waals surface area contributed by atoms with E-state index in [9.17, 15) is 0 Å². The Morgan fingerprint density at radius 1 is 1.12 bits per heavy atom. The molecule has 1 N–H and O–H groups in total. The molecule has 5 nitrogen and oxygen atoms in total. The van der Waals surface area contributed by atoms with Crippen molar-refractivity contribution >= 4 is 27.7 Å². The highest BCUT2D eigenvalue weighted by molar-refractivity contribution is 9.10. The van der Waals surface area contributed by atoms with Crippen molar-refractivity contribution in [1.29, 1.82) is 0 Å². The normalized spacial score (nSPS) is 15.5. The summed E-state index contributed by atoms with van der Waals surface area (Å²) < 4.78 is 1.10. The summed E-state index contributed by atoms with van der Waals surface area (Å²) in [6, 6.07) is 14.4. The van der Waals surface area contributed by atoms with Crippen molar-refractivity contribution in [1.82, 2.24) is 15.2 Å². The zero-order chi connectivity index (χ0) is 16.8. The Labute approximate surface area is 151 Å². The van der Waals surface area contributed by atoms with Gasteiger partial charge in [-0.1, -0.05) is 34.1 Å². The SMILES string of the molecule is CN=C(NCc1ccc(Br)cc1)N1CCN(c2ccccn2)CC1. The monoisotopic (exact) mass is 387 g/mol. The lowest BCUT2D eigenvalue weighted by atomic mass is 10.2. The first-order valence-electron chi connectivity index (χ1n) is 8.12. The van der Waals surface area contributed by atoms with Crippen LogP contribution in [0.15, 0.2) is 58.1 Å². The largest absolute Gasteiger partial charge is 0.353 e. The summed E-state index contributed by atoms with van der Waals surface area (Å²) in [5.74, 6) is 2.01. The molecule has 1 saturated heterocycles. The van der Waals surface area contributed by atoms with Gasteiger partial charge in [-0.25, -0.2) is 4.98 Å². The molecule has 0 amide bonds. The van der Waals surface area contributed by atoms with Gasteiger partial charge in [0.05, 0.1) is 0 Å². The first-order chi connectivity index (χ1) is 11.8. The van der Waals surface area contributed by atoms with E-state index in [0.29, 0.717) is 0 Å². The van der Waals surface area contributed by atoms with Gasteiger partial charge in [0.2, 0.25) is 0 Å². The molecule has 1 aliphatic heterocycles. The van der Waals surface area contributed by atoms with Crippen LogP contribution in [0.3, 0.4) is 0 Å². The van der Waals surface area contributed by atoms with Gasteiger partial charge in [-0.05, 0) is 29.8 Å². The summed E-state index contributed by atoms with van der Waals surface area (Å²) in [5.41, 5.74) is 1.24. The van der Waals surface area contributed by atoms with Crippen LogP contribution in [-0.2, 0) is 6.54 Å². The van der Waals surface area contributed by atoms with Crippen molar-refractivity contribution in [3.05, 3.63) is 58.7 Å². The number of hydrogen-bond donors (Lipinski definition) is 1. The second-order valence-electron chi connectivity index (χ2n) is 5.69. The fraction of sp³-hybridized carbons (Fsp3) is 0.333. The summed E-state index contributed by atoms with van der Waals surface area (Å²) in [4.78, 5) is 13.5. The van der Waals surface area contributed by atoms with Crippen LogP contribution in [0, 0.1) is 0 Å². The maximum absolute atomic E-state index is 4.43. The van der Waals surface area contributed by atoms with Gasteiger partial charge < -0.3 is 15.1 Å². The topological polar surface area (TPSA) is 43.8 Å². The second-order valence-corrected chi connectivity index (χ2v) is 6.60. The van der Waals surface area contributed by atoms with Gasteiger partial charge in [0.1, 0.15) is 5.82 Å². The molecule has 0 aliphatic carbocycles. The average Bonchev–Trinajstić information content (AvgIpc) is 2.65. The maximum Gasteiger partial charge on any atom is 0.194 e. The summed E-state index contributed by atoms with van der Waals surface area (Å²) >= 11 is 3.46. The molecule has 1 aliphatic rings. The van der Waals surface area contributed by atoms with Crippen LogP contribution < -0.4 is 10.2 Å². The van der Waals surface area contributed by atoms with Crippen molar-refractivity contribution in [2.75, 3.05) is 38.1 Å². The third-order valence-electron chi connectivity index (χ3n) is 4.13. The van der Waals surface area contributed by atoms with Crippen LogP contribution in [0.2, 0.25) is 0 Å². The average molecular weight is 388 g/mol. The highest BCUT2D eigenvalue weighted by Gasteiger charge is 2.20. The summed E-state index contributed by atoms with van der Waals surface area (Å²) in [6.07, 6.45) is 1.85. The molecule has 1 fully saturated rings. The number of piperazine rings is 1. The van der Waals surface area contributed by atoms with E-state index >= 15 is 0 Å². The van der Waals surface area contributed by atoms with Gasteiger partial charge in [0, 0.05) is 50.4 Å². The lowest BCUT2D eigenvalue weighted by Gasteiger charge is -2.37. The van der Waals surface area contributed by atoms with Gasteiger partial charge in [-0.3, -0.25) is 4.99 Å². The number of halogens is 1. The van der Waals surface area contributed by atoms with E-state index in [0.717, 1.165) is 49.0 Å². The van der Waals surface area contributed by atoms with Crippen LogP contribution in [-0.4, -0.2) is 49.1 Å². The molecular formula is C18H22BrN5. The lowest BCUT2D eigenvalue weighted by Crippen LogP contribution is -2.52. The number of guanidine groups is 1. The highest BCUT2D eigenvalue weighted by atomic mass is 79.9. The molecule has 0 atom stereocenters. The van der Waals surface area contributed by atoms with Crippen molar-refractivity contribution in [2.24, 2.45) is 4.99 Å². The van der Waals surface area contributed by atoms with Crippen molar-refractivity contribution in [3.8, 4) is 0 Å². The number of aliphatic imine (C=N–C) groups is 1. The zero-order valence-electron chi connectivity index (χ0n) is 13.8. The molecule has 0 bridgehead atoms. The second kappa shape index (κ2) is 8.15. The number of aromatic nitrogens is 1. The molecular weight excluding hydrogens is 366 g/mol. The van der Waals surface area contributed by atoms with Crippen LogP contribution in [0.4, 0.5) is 5.82 Å². The van der Waals surface area contributed by atoms with Gasteiger partial charge in [-0.15, -0.1) is 0 Å². The van der Waals surface area contributed by atoms with E-state index in [-0.39, 0.29) is 0 Å². The first kappa shape index (κ1) is 16.8. The molecule has 24 heavy (non-hydrogen) atoms. The third kappa shape index (κ3) is 4.26. The van der Waals surface area contributed by atoms with E-state index in [1.807, 2.05) is 25.4 Å². The Morgan fingerprint density at radius 2 is 1.88 bits per heavy atom. The Hall–Kier alpha value is -2.08. The molecule has 0 spiro atoms. The Kier molecular flexibility index (Phi) is 5.69. The van der Waals surface area contributed by atoms with Gasteiger partial charge in [0.25, 0.3) is 0 Å². The molecule has 126 valence electrons. The van der Waals surface area contributed by atoms with Crippen molar-refractivity contribution in [2.45, 2.75) is 6.54 Å². The number of pyridine rings is 1. The van der Waals surface area contributed by atoms with E-state index in [1.54, 1.807) is 0 Å². The van der Waals surface area contributed by atoms with Crippen molar-refractivity contribution < 1.29 is 0 Å². The molecule has 6 heteroatoms. The molecule has 3 rings (SSSR count). The van der Waals surface area contributed by atoms with Crippen molar-refractivity contribution in [3.63, 3.8) is 0 Å². The highest BCUT2D eigenvalue weighted by Crippen LogP contribution is 2.13. The number of nitrogens with zero attached hydrogens (tertiary/aromatic N) is 4. The number of hydrogen-bond acceptors (Lipinski definition) is 3. The van der Waals surface area contributed by atoms with Gasteiger partial charge in [-0.2, -0.15) is 0 Å². The minimum Gasteiger partial charge on any atom is -0.353 e. The van der Waals surface area contributed by atoms with Gasteiger partial charge >= 0.3 is 0 Å². The van der Waals surface area contributed by atoms with Crippen LogP contribution in [0.25, 0.3) is 0 Å². The summed E-state index contributed by atoms with van der Waals surface area (Å²) in [6.45, 7) is 4.57. The number of benzene rings is 1. The molecule has 2 heterocycles. The van der Waals surface area contributed by atoms with Crippen LogP contribution in [0.1, 0.15) is 5.56 Å². The fourth-order valence-electron chi connectivity index (χ4n) is 2.80. The third-order valence-corrected chi connectivity index (χ3v) is 4.66. The molecule has 0 saturated carbocycles. The Bertz CT molecular complexity index is 664. The molecule has 1 aromatic heterocycles. The zero-order valence-corrected chi connectivity index (χ0v) is 15.4. The molecule has 0 unspecified atom stereocenters. The van der Waals surface area contributed by atoms with E-state index in [4.69, 9.17) is 0 Å². The standard InChI is InChI=1S/C18H22BrN5/c1-20-18(22-14-15-5-7-16(19)8-6-15)24-12-10-23(11-13-24)17-4-2-3-9-21-17/h2-9H,10-14H2,1H3,(H,20,22). The predicted molar refractivity (Wildman–Crippen MR) is 102 cm³/mol. The van der Waals surface area contributed by atoms with Crippen LogP contribution >= 0.6 is 15.9 Å². The minimum atomic E-state index is 0.778. The minimum absolute atomic E-state index is 0.778. The smallest absolute Gasteiger partial charge is 0.194 e. The fourth-order valence-corrected chi connectivity index (χ4v) is 3.07. The Morgan fingerprint density at radius 3 is 2.50 bits per heavy atom. The van der Waals surface area contributed by atoms with E-state index in [1.165, 1.54) is 5.56 Å². The molecule has 1 aromatic carbocycles. The number of nitrogens with one attached hydrogen (secondary N) is 1. The quantitative estimate of drug-likeness (QED) is 0.649. The van der Waals surface area contributed by atoms with E-state index < -0.39 is 0 Å². The first-order valence-corrected chi connectivity index (χ1v) is 8.91. The number of rotatable bonds is 3. The maximum atomic E-state index is 4.43. The summed E-state index contributed by atoms with van der Waals surface area (Å²) in [5, 5.41) is 3.46.